The molecule has 1 saturated heterocycles. The molecule has 0 radical (unpaired) electrons. The molecule has 5 heteroatoms. The van der Waals surface area contributed by atoms with Crippen molar-refractivity contribution in [3.05, 3.63) is 11.8 Å². The third-order valence-corrected chi connectivity index (χ3v) is 2.87. The summed E-state index contributed by atoms with van der Waals surface area (Å²) >= 11 is 0. The number of aromatic nitrogens is 2. The van der Waals surface area contributed by atoms with E-state index in [-0.39, 0.29) is 12.0 Å². The highest BCUT2D eigenvalue weighted by atomic mass is 16.5. The average Bonchev–Trinajstić information content (AvgIpc) is 2.78. The molecule has 1 atom stereocenters. The van der Waals surface area contributed by atoms with Crippen molar-refractivity contribution in [2.24, 2.45) is 0 Å². The van der Waals surface area contributed by atoms with Crippen LogP contribution in [0.1, 0.15) is 38.3 Å². The van der Waals surface area contributed by atoms with E-state index in [9.17, 15) is 4.79 Å². The summed E-state index contributed by atoms with van der Waals surface area (Å²) < 4.78 is 5.42. The first-order chi connectivity index (χ1) is 8.29. The number of carbonyl (C=O) groups is 1. The van der Waals surface area contributed by atoms with Crippen LogP contribution in [0.4, 0.5) is 5.82 Å². The van der Waals surface area contributed by atoms with Crippen molar-refractivity contribution in [3.8, 4) is 0 Å². The summed E-state index contributed by atoms with van der Waals surface area (Å²) in [5.41, 5.74) is 1.05. The van der Waals surface area contributed by atoms with E-state index >= 15 is 0 Å². The number of amides is 1. The molecule has 2 N–H and O–H groups in total. The number of rotatable bonds is 4. The monoisotopic (exact) mass is 237 g/mol. The molecule has 0 saturated carbocycles. The zero-order valence-electron chi connectivity index (χ0n) is 10.2. The van der Waals surface area contributed by atoms with Gasteiger partial charge >= 0.3 is 0 Å². The highest BCUT2D eigenvalue weighted by molar-refractivity contribution is 5.93. The lowest BCUT2D eigenvalue weighted by Gasteiger charge is -2.20. The minimum atomic E-state index is -0.310. The van der Waals surface area contributed by atoms with Gasteiger partial charge in [-0.25, -0.2) is 0 Å². The van der Waals surface area contributed by atoms with Crippen LogP contribution in [0.15, 0.2) is 6.07 Å². The molecule has 2 rings (SSSR count). The number of nitrogens with one attached hydrogen (secondary N) is 2. The molecule has 5 nitrogen and oxygen atoms in total. The fourth-order valence-electron chi connectivity index (χ4n) is 1.98. The third-order valence-electron chi connectivity index (χ3n) is 2.87. The molecule has 1 amide bonds. The second kappa shape index (κ2) is 5.82. The van der Waals surface area contributed by atoms with Crippen molar-refractivity contribution in [1.29, 1.82) is 0 Å². The SMILES string of the molecule is CCCc1cc(NC(=O)C2CCCCO2)n[nH]1. The molecule has 0 spiro atoms. The lowest BCUT2D eigenvalue weighted by molar-refractivity contribution is -0.130. The Kier molecular flexibility index (Phi) is 4.14. The number of aromatic amines is 1. The van der Waals surface area contributed by atoms with Gasteiger partial charge in [-0.3, -0.25) is 9.89 Å². The van der Waals surface area contributed by atoms with Gasteiger partial charge < -0.3 is 10.1 Å². The van der Waals surface area contributed by atoms with Gasteiger partial charge in [-0.05, 0) is 25.7 Å². The van der Waals surface area contributed by atoms with Crippen LogP contribution < -0.4 is 5.32 Å². The number of hydrogen-bond acceptors (Lipinski definition) is 3. The number of H-pyrrole nitrogens is 1. The van der Waals surface area contributed by atoms with Gasteiger partial charge in [0.1, 0.15) is 6.10 Å². The number of nitrogens with zero attached hydrogens (tertiary/aromatic N) is 1. The maximum absolute atomic E-state index is 11.8. The normalized spacial score (nSPS) is 20.2. The summed E-state index contributed by atoms with van der Waals surface area (Å²) in [4.78, 5) is 11.8. The Hall–Kier alpha value is -1.36. The number of carbonyl (C=O) groups excluding carboxylic acids is 1. The number of hydrogen-bond donors (Lipinski definition) is 2. The largest absolute Gasteiger partial charge is 0.368 e. The first kappa shape index (κ1) is 12.1. The summed E-state index contributed by atoms with van der Waals surface area (Å²) in [6, 6.07) is 1.88. The van der Waals surface area contributed by atoms with Crippen molar-refractivity contribution in [2.45, 2.75) is 45.1 Å². The quantitative estimate of drug-likeness (QED) is 0.840. The Morgan fingerprint density at radius 1 is 1.65 bits per heavy atom. The van der Waals surface area contributed by atoms with Gasteiger partial charge in [0.2, 0.25) is 0 Å². The maximum Gasteiger partial charge on any atom is 0.254 e. The van der Waals surface area contributed by atoms with E-state index in [0.717, 1.165) is 37.8 Å². The lowest BCUT2D eigenvalue weighted by Crippen LogP contribution is -2.33. The van der Waals surface area contributed by atoms with Crippen molar-refractivity contribution in [3.63, 3.8) is 0 Å². The maximum atomic E-state index is 11.8. The first-order valence-electron chi connectivity index (χ1n) is 6.26. The number of aryl methyl sites for hydroxylation is 1. The molecule has 1 aromatic heterocycles. The fourth-order valence-corrected chi connectivity index (χ4v) is 1.98. The highest BCUT2D eigenvalue weighted by Gasteiger charge is 2.22. The van der Waals surface area contributed by atoms with Crippen molar-refractivity contribution in [1.82, 2.24) is 10.2 Å². The average molecular weight is 237 g/mol. The smallest absolute Gasteiger partial charge is 0.254 e. The van der Waals surface area contributed by atoms with E-state index < -0.39 is 0 Å². The van der Waals surface area contributed by atoms with E-state index in [1.165, 1.54) is 0 Å². The number of ether oxygens (including phenoxy) is 1. The van der Waals surface area contributed by atoms with Crippen LogP contribution in [0, 0.1) is 0 Å². The molecular weight excluding hydrogens is 218 g/mol. The molecule has 1 aromatic rings. The predicted molar refractivity (Wildman–Crippen MR) is 64.8 cm³/mol. The van der Waals surface area contributed by atoms with Gasteiger partial charge in [-0.15, -0.1) is 0 Å². The van der Waals surface area contributed by atoms with Crippen molar-refractivity contribution in [2.75, 3.05) is 11.9 Å². The Morgan fingerprint density at radius 3 is 3.24 bits per heavy atom. The zero-order valence-corrected chi connectivity index (χ0v) is 10.2. The van der Waals surface area contributed by atoms with E-state index in [2.05, 4.69) is 22.4 Å². The lowest BCUT2D eigenvalue weighted by atomic mass is 10.1. The molecule has 0 aromatic carbocycles. The van der Waals surface area contributed by atoms with Gasteiger partial charge in [-0.1, -0.05) is 13.3 Å². The highest BCUT2D eigenvalue weighted by Crippen LogP contribution is 2.15. The van der Waals surface area contributed by atoms with E-state index in [4.69, 9.17) is 4.74 Å². The van der Waals surface area contributed by atoms with Gasteiger partial charge in [0.15, 0.2) is 5.82 Å². The van der Waals surface area contributed by atoms with Crippen LogP contribution in [0.25, 0.3) is 0 Å². The van der Waals surface area contributed by atoms with Crippen LogP contribution in [-0.2, 0) is 16.0 Å². The molecule has 94 valence electrons. The molecule has 1 fully saturated rings. The summed E-state index contributed by atoms with van der Waals surface area (Å²) in [5.74, 6) is 0.506. The molecule has 1 aliphatic heterocycles. The van der Waals surface area contributed by atoms with Gasteiger partial charge in [0.05, 0.1) is 0 Å². The van der Waals surface area contributed by atoms with E-state index in [1.807, 2.05) is 6.07 Å². The molecule has 1 unspecified atom stereocenters. The standard InChI is InChI=1S/C12H19N3O2/c1-2-5-9-8-11(15-14-9)13-12(16)10-6-3-4-7-17-10/h8,10H,2-7H2,1H3,(H2,13,14,15,16). The molecule has 1 aliphatic rings. The summed E-state index contributed by atoms with van der Waals surface area (Å²) in [5, 5.41) is 9.75. The molecular formula is C12H19N3O2. The molecule has 0 aliphatic carbocycles. The van der Waals surface area contributed by atoms with E-state index in [1.54, 1.807) is 0 Å². The summed E-state index contributed by atoms with van der Waals surface area (Å²) in [7, 11) is 0. The Labute approximate surface area is 101 Å². The molecule has 17 heavy (non-hydrogen) atoms. The van der Waals surface area contributed by atoms with Crippen molar-refractivity contribution < 1.29 is 9.53 Å². The van der Waals surface area contributed by atoms with Crippen LogP contribution in [0.2, 0.25) is 0 Å². The minimum absolute atomic E-state index is 0.0840. The van der Waals surface area contributed by atoms with Crippen LogP contribution in [0.3, 0.4) is 0 Å². The fraction of sp³-hybridized carbons (Fsp3) is 0.667. The Bertz CT molecular complexity index is 370. The first-order valence-corrected chi connectivity index (χ1v) is 6.26. The van der Waals surface area contributed by atoms with Crippen molar-refractivity contribution >= 4 is 11.7 Å². The van der Waals surface area contributed by atoms with Crippen LogP contribution in [-0.4, -0.2) is 28.8 Å². The van der Waals surface area contributed by atoms with Gasteiger partial charge in [0, 0.05) is 18.4 Å². The molecule has 2 heterocycles. The van der Waals surface area contributed by atoms with E-state index in [0.29, 0.717) is 12.4 Å². The minimum Gasteiger partial charge on any atom is -0.368 e. The Morgan fingerprint density at radius 2 is 2.53 bits per heavy atom. The summed E-state index contributed by atoms with van der Waals surface area (Å²) in [6.07, 6.45) is 4.60. The van der Waals surface area contributed by atoms with Gasteiger partial charge in [-0.2, -0.15) is 5.10 Å². The predicted octanol–water partition coefficient (Wildman–Crippen LogP) is 1.87. The van der Waals surface area contributed by atoms with Crippen LogP contribution in [0.5, 0.6) is 0 Å². The number of anilines is 1. The second-order valence-corrected chi connectivity index (χ2v) is 4.37. The zero-order chi connectivity index (χ0) is 12.1. The van der Waals surface area contributed by atoms with Crippen LogP contribution >= 0.6 is 0 Å². The molecule has 0 bridgehead atoms. The second-order valence-electron chi connectivity index (χ2n) is 4.37. The topological polar surface area (TPSA) is 67.0 Å². The Balaban J connectivity index is 1.88. The summed E-state index contributed by atoms with van der Waals surface area (Å²) in [6.45, 7) is 2.79. The van der Waals surface area contributed by atoms with Gasteiger partial charge in [0.25, 0.3) is 5.91 Å². The third kappa shape index (κ3) is 3.30.